The third-order valence-corrected chi connectivity index (χ3v) is 4.96. The number of hydrogen-bond acceptors (Lipinski definition) is 5. The molecule has 1 aromatic rings. The van der Waals surface area contributed by atoms with Crippen molar-refractivity contribution in [3.8, 4) is 0 Å². The molecule has 1 aromatic carbocycles. The van der Waals surface area contributed by atoms with Crippen molar-refractivity contribution in [2.75, 3.05) is 12.0 Å². The molecule has 1 N–H and O–H groups in total. The Balaban J connectivity index is 3.01. The molecule has 1 atom stereocenters. The monoisotopic (exact) mass is 353 g/mol. The van der Waals surface area contributed by atoms with Crippen LogP contribution in [0.5, 0.6) is 0 Å². The van der Waals surface area contributed by atoms with Crippen LogP contribution in [0.4, 0.5) is 0 Å². The average molecular weight is 354 g/mol. The van der Waals surface area contributed by atoms with Crippen LogP contribution in [0.25, 0.3) is 0 Å². The van der Waals surface area contributed by atoms with Gasteiger partial charge >= 0.3 is 0 Å². The van der Waals surface area contributed by atoms with E-state index >= 15 is 0 Å². The Morgan fingerprint density at radius 3 is 2.29 bits per heavy atom. The summed E-state index contributed by atoms with van der Waals surface area (Å²) in [6.07, 6.45) is 1.07. The number of carbonyl (C=O) groups is 1. The van der Waals surface area contributed by atoms with Crippen molar-refractivity contribution in [3.05, 3.63) is 29.3 Å². The lowest BCUT2D eigenvalue weighted by atomic mass is 10.1. The first-order valence-electron chi connectivity index (χ1n) is 5.93. The van der Waals surface area contributed by atoms with E-state index in [0.29, 0.717) is 5.56 Å². The quantitative estimate of drug-likeness (QED) is 0.799. The van der Waals surface area contributed by atoms with E-state index in [4.69, 9.17) is 10.7 Å². The smallest absolute Gasteiger partial charge is 0.261 e. The van der Waals surface area contributed by atoms with E-state index < -0.39 is 30.8 Å². The van der Waals surface area contributed by atoms with Gasteiger partial charge in [0.15, 0.2) is 0 Å². The maximum Gasteiger partial charge on any atom is 0.261 e. The standard InChI is InChI=1S/C12H16ClNO5S2/c1-8-4-10(6-11(5-8)21(13,18)19)12(15)14-9(2)7-20(3,16)17/h4-6,9H,7H2,1-3H3,(H,14,15). The highest BCUT2D eigenvalue weighted by atomic mass is 35.7. The number of aryl methyl sites for hydroxylation is 1. The fourth-order valence-corrected chi connectivity index (χ4v) is 3.68. The van der Waals surface area contributed by atoms with Gasteiger partial charge in [-0.3, -0.25) is 4.79 Å². The SMILES string of the molecule is Cc1cc(C(=O)NC(C)CS(C)(=O)=O)cc(S(=O)(=O)Cl)c1. The Morgan fingerprint density at radius 2 is 1.81 bits per heavy atom. The Morgan fingerprint density at radius 1 is 1.24 bits per heavy atom. The van der Waals surface area contributed by atoms with Crippen molar-refractivity contribution in [1.82, 2.24) is 5.32 Å². The van der Waals surface area contributed by atoms with Crippen LogP contribution in [0.15, 0.2) is 23.1 Å². The van der Waals surface area contributed by atoms with Gasteiger partial charge in [0.05, 0.1) is 10.6 Å². The fourth-order valence-electron chi connectivity index (χ4n) is 1.82. The van der Waals surface area contributed by atoms with Crippen LogP contribution in [0, 0.1) is 6.92 Å². The summed E-state index contributed by atoms with van der Waals surface area (Å²) in [5.74, 6) is -0.762. The van der Waals surface area contributed by atoms with E-state index in [9.17, 15) is 21.6 Å². The van der Waals surface area contributed by atoms with E-state index in [1.165, 1.54) is 12.1 Å². The summed E-state index contributed by atoms with van der Waals surface area (Å²) in [5.41, 5.74) is 0.659. The van der Waals surface area contributed by atoms with E-state index in [0.717, 1.165) is 12.3 Å². The van der Waals surface area contributed by atoms with Crippen LogP contribution in [-0.2, 0) is 18.9 Å². The molecular weight excluding hydrogens is 338 g/mol. The Bertz CT molecular complexity index is 756. The first-order valence-corrected chi connectivity index (χ1v) is 10.3. The molecule has 0 spiro atoms. The van der Waals surface area contributed by atoms with Crippen molar-refractivity contribution < 1.29 is 21.6 Å². The predicted molar refractivity (Wildman–Crippen MR) is 80.9 cm³/mol. The second-order valence-corrected chi connectivity index (χ2v) is 9.69. The van der Waals surface area contributed by atoms with E-state index in [2.05, 4.69) is 5.32 Å². The van der Waals surface area contributed by atoms with Gasteiger partial charge in [0.25, 0.3) is 15.0 Å². The van der Waals surface area contributed by atoms with Crippen LogP contribution < -0.4 is 5.32 Å². The number of amides is 1. The molecule has 118 valence electrons. The molecule has 0 saturated heterocycles. The van der Waals surface area contributed by atoms with Gasteiger partial charge in [0, 0.05) is 28.5 Å². The molecule has 0 bridgehead atoms. The van der Waals surface area contributed by atoms with E-state index in [-0.39, 0.29) is 16.2 Å². The lowest BCUT2D eigenvalue weighted by molar-refractivity contribution is 0.0943. The van der Waals surface area contributed by atoms with Crippen molar-refractivity contribution in [2.45, 2.75) is 24.8 Å². The summed E-state index contributed by atoms with van der Waals surface area (Å²) in [4.78, 5) is 11.9. The summed E-state index contributed by atoms with van der Waals surface area (Å²) in [6.45, 7) is 3.18. The number of hydrogen-bond donors (Lipinski definition) is 1. The topological polar surface area (TPSA) is 97.4 Å². The Hall–Kier alpha value is -1.12. The zero-order valence-electron chi connectivity index (χ0n) is 11.8. The zero-order valence-corrected chi connectivity index (χ0v) is 14.1. The molecule has 9 heteroatoms. The number of benzene rings is 1. The number of sulfone groups is 1. The molecule has 0 aromatic heterocycles. The maximum absolute atomic E-state index is 12.0. The zero-order chi connectivity index (χ0) is 16.4. The Labute approximate surface area is 128 Å². The number of halogens is 1. The van der Waals surface area contributed by atoms with Gasteiger partial charge in [0.2, 0.25) is 0 Å². The molecule has 0 radical (unpaired) electrons. The van der Waals surface area contributed by atoms with E-state index in [1.807, 2.05) is 0 Å². The van der Waals surface area contributed by atoms with Crippen LogP contribution in [0.3, 0.4) is 0 Å². The molecule has 0 aliphatic rings. The minimum Gasteiger partial charge on any atom is -0.349 e. The maximum atomic E-state index is 12.0. The lowest BCUT2D eigenvalue weighted by Crippen LogP contribution is -2.37. The fraction of sp³-hybridized carbons (Fsp3) is 0.417. The van der Waals surface area contributed by atoms with Crippen LogP contribution >= 0.6 is 10.7 Å². The molecule has 0 fully saturated rings. The van der Waals surface area contributed by atoms with Gasteiger partial charge in [0.1, 0.15) is 9.84 Å². The molecule has 1 rings (SSSR count). The first-order chi connectivity index (χ1) is 9.38. The molecule has 0 aliphatic carbocycles. The molecule has 0 saturated carbocycles. The summed E-state index contributed by atoms with van der Waals surface area (Å²) in [5, 5.41) is 2.50. The van der Waals surface area contributed by atoms with Crippen molar-refractivity contribution >= 4 is 35.5 Å². The number of carbonyl (C=O) groups excluding carboxylic acids is 1. The van der Waals surface area contributed by atoms with Crippen molar-refractivity contribution in [2.24, 2.45) is 0 Å². The van der Waals surface area contributed by atoms with Gasteiger partial charge in [-0.25, -0.2) is 16.8 Å². The third kappa shape index (κ3) is 6.03. The lowest BCUT2D eigenvalue weighted by Gasteiger charge is -2.13. The van der Waals surface area contributed by atoms with Gasteiger partial charge in [-0.2, -0.15) is 0 Å². The second kappa shape index (κ2) is 6.33. The van der Waals surface area contributed by atoms with Gasteiger partial charge in [-0.1, -0.05) is 0 Å². The summed E-state index contributed by atoms with van der Waals surface area (Å²) < 4.78 is 45.0. The molecule has 6 nitrogen and oxygen atoms in total. The highest BCUT2D eigenvalue weighted by Gasteiger charge is 2.17. The normalized spacial score (nSPS) is 13.7. The highest BCUT2D eigenvalue weighted by Crippen LogP contribution is 2.18. The molecule has 21 heavy (non-hydrogen) atoms. The molecule has 0 heterocycles. The minimum atomic E-state index is -3.94. The summed E-state index contributed by atoms with van der Waals surface area (Å²) in [7, 11) is -1.90. The van der Waals surface area contributed by atoms with Gasteiger partial charge < -0.3 is 5.32 Å². The molecule has 0 aliphatic heterocycles. The first kappa shape index (κ1) is 17.9. The number of nitrogens with one attached hydrogen (secondary N) is 1. The molecule has 1 amide bonds. The third-order valence-electron chi connectivity index (χ3n) is 2.52. The minimum absolute atomic E-state index is 0.106. The van der Waals surface area contributed by atoms with Crippen LogP contribution in [-0.4, -0.2) is 40.8 Å². The highest BCUT2D eigenvalue weighted by molar-refractivity contribution is 8.13. The average Bonchev–Trinajstić information content (AvgIpc) is 2.23. The molecular formula is C12H16ClNO5S2. The van der Waals surface area contributed by atoms with Crippen molar-refractivity contribution in [3.63, 3.8) is 0 Å². The van der Waals surface area contributed by atoms with Gasteiger partial charge in [-0.05, 0) is 37.6 Å². The molecule has 1 unspecified atom stereocenters. The second-order valence-electron chi connectivity index (χ2n) is 4.94. The number of rotatable bonds is 5. The summed E-state index contributed by atoms with van der Waals surface area (Å²) in [6, 6.07) is 3.40. The predicted octanol–water partition coefficient (Wildman–Crippen LogP) is 1.09. The van der Waals surface area contributed by atoms with E-state index in [1.54, 1.807) is 13.8 Å². The summed E-state index contributed by atoms with van der Waals surface area (Å²) >= 11 is 0. The van der Waals surface area contributed by atoms with Crippen LogP contribution in [0.2, 0.25) is 0 Å². The van der Waals surface area contributed by atoms with Gasteiger partial charge in [-0.15, -0.1) is 0 Å². The Kier molecular flexibility index (Phi) is 5.40. The van der Waals surface area contributed by atoms with Crippen molar-refractivity contribution in [1.29, 1.82) is 0 Å². The largest absolute Gasteiger partial charge is 0.349 e. The van der Waals surface area contributed by atoms with Crippen LogP contribution in [0.1, 0.15) is 22.8 Å².